The van der Waals surface area contributed by atoms with E-state index in [4.69, 9.17) is 11.5 Å². The Morgan fingerprint density at radius 2 is 2.20 bits per heavy atom. The molecule has 1 aliphatic rings. The van der Waals surface area contributed by atoms with Crippen molar-refractivity contribution >= 4 is 5.91 Å². The van der Waals surface area contributed by atoms with Gasteiger partial charge in [0.15, 0.2) is 0 Å². The second-order valence-electron chi connectivity index (χ2n) is 3.94. The van der Waals surface area contributed by atoms with Crippen molar-refractivity contribution in [2.45, 2.75) is 31.7 Å². The number of amides is 1. The summed E-state index contributed by atoms with van der Waals surface area (Å²) in [6.45, 7) is 2.19. The van der Waals surface area contributed by atoms with E-state index >= 15 is 0 Å². The molecule has 1 aliphatic heterocycles. The zero-order valence-corrected chi connectivity index (χ0v) is 9.19. The summed E-state index contributed by atoms with van der Waals surface area (Å²) < 4.78 is 0. The highest BCUT2D eigenvalue weighted by Gasteiger charge is 2.20. The zero-order valence-electron chi connectivity index (χ0n) is 9.19. The quantitative estimate of drug-likeness (QED) is 0.505. The topological polar surface area (TPSA) is 72.3 Å². The first kappa shape index (κ1) is 12.2. The highest BCUT2D eigenvalue weighted by atomic mass is 16.2. The van der Waals surface area contributed by atoms with Crippen LogP contribution in [0.5, 0.6) is 0 Å². The molecule has 1 amide bonds. The monoisotopic (exact) mass is 211 g/mol. The molecular weight excluding hydrogens is 190 g/mol. The highest BCUT2D eigenvalue weighted by molar-refractivity contribution is 5.81. The minimum atomic E-state index is -0.344. The fourth-order valence-electron chi connectivity index (χ4n) is 1.71. The first-order valence-electron chi connectivity index (χ1n) is 5.65. The van der Waals surface area contributed by atoms with Crippen LogP contribution in [-0.2, 0) is 4.79 Å². The summed E-state index contributed by atoms with van der Waals surface area (Å²) in [6.07, 6.45) is 7.70. The van der Waals surface area contributed by atoms with Crippen molar-refractivity contribution in [2.24, 2.45) is 11.5 Å². The fourth-order valence-corrected chi connectivity index (χ4v) is 1.71. The Morgan fingerprint density at radius 3 is 2.80 bits per heavy atom. The van der Waals surface area contributed by atoms with Gasteiger partial charge in [0.1, 0.15) is 0 Å². The normalized spacial score (nSPS) is 17.9. The van der Waals surface area contributed by atoms with E-state index in [1.165, 1.54) is 0 Å². The molecule has 0 bridgehead atoms. The van der Waals surface area contributed by atoms with Crippen LogP contribution < -0.4 is 11.5 Å². The molecule has 1 atom stereocenters. The molecule has 1 heterocycles. The molecule has 86 valence electrons. The van der Waals surface area contributed by atoms with Crippen LogP contribution in [0.4, 0.5) is 0 Å². The van der Waals surface area contributed by atoms with E-state index in [-0.39, 0.29) is 11.9 Å². The molecule has 0 aliphatic carbocycles. The van der Waals surface area contributed by atoms with Crippen LogP contribution in [0.15, 0.2) is 12.2 Å². The summed E-state index contributed by atoms with van der Waals surface area (Å²) in [6, 6.07) is -0.344. The Hall–Kier alpha value is -0.870. The predicted molar refractivity (Wildman–Crippen MR) is 61.2 cm³/mol. The lowest BCUT2D eigenvalue weighted by atomic mass is 10.1. The second-order valence-corrected chi connectivity index (χ2v) is 3.94. The van der Waals surface area contributed by atoms with Gasteiger partial charge in [-0.3, -0.25) is 4.79 Å². The molecular formula is C11H21N3O. The maximum atomic E-state index is 11.8. The number of carbonyl (C=O) groups is 1. The molecule has 4 nitrogen and oxygen atoms in total. The van der Waals surface area contributed by atoms with Gasteiger partial charge in [-0.05, 0) is 25.8 Å². The van der Waals surface area contributed by atoms with E-state index in [1.807, 2.05) is 11.0 Å². The van der Waals surface area contributed by atoms with E-state index in [1.54, 1.807) is 0 Å². The van der Waals surface area contributed by atoms with Gasteiger partial charge in [0.05, 0.1) is 6.04 Å². The van der Waals surface area contributed by atoms with E-state index in [0.717, 1.165) is 32.2 Å². The summed E-state index contributed by atoms with van der Waals surface area (Å²) in [5.41, 5.74) is 11.2. The number of carbonyl (C=O) groups excluding carboxylic acids is 1. The summed E-state index contributed by atoms with van der Waals surface area (Å²) in [5.74, 6) is 0.0800. The molecule has 0 aromatic heterocycles. The zero-order chi connectivity index (χ0) is 11.1. The number of unbranched alkanes of at least 4 members (excludes halogenated alkanes) is 1. The predicted octanol–water partition coefficient (Wildman–Crippen LogP) is 0.231. The number of rotatable bonds is 5. The summed E-state index contributed by atoms with van der Waals surface area (Å²) >= 11 is 0. The maximum absolute atomic E-state index is 11.8. The molecule has 0 aromatic rings. The third kappa shape index (κ3) is 4.01. The summed E-state index contributed by atoms with van der Waals surface area (Å²) in [4.78, 5) is 13.7. The van der Waals surface area contributed by atoms with Crippen molar-refractivity contribution in [2.75, 3.05) is 19.6 Å². The van der Waals surface area contributed by atoms with Gasteiger partial charge in [0.25, 0.3) is 0 Å². The van der Waals surface area contributed by atoms with E-state index in [9.17, 15) is 4.79 Å². The lowest BCUT2D eigenvalue weighted by Crippen LogP contribution is -2.45. The standard InChI is InChI=1S/C11H21N3O/c12-7-3-2-6-10(13)11(15)14-8-4-1-5-9-14/h1,4,10H,2-3,5-9,12-13H2/t10-/m0/s1. The van der Waals surface area contributed by atoms with E-state index in [2.05, 4.69) is 6.08 Å². The van der Waals surface area contributed by atoms with Gasteiger partial charge in [0.2, 0.25) is 5.91 Å². The van der Waals surface area contributed by atoms with Crippen LogP contribution in [0.3, 0.4) is 0 Å². The summed E-state index contributed by atoms with van der Waals surface area (Å²) in [7, 11) is 0. The Labute approximate surface area is 91.3 Å². The van der Waals surface area contributed by atoms with Gasteiger partial charge in [0, 0.05) is 13.1 Å². The lowest BCUT2D eigenvalue weighted by Gasteiger charge is -2.26. The Morgan fingerprint density at radius 1 is 1.40 bits per heavy atom. The van der Waals surface area contributed by atoms with Crippen molar-refractivity contribution in [3.05, 3.63) is 12.2 Å². The van der Waals surface area contributed by atoms with Crippen LogP contribution in [0, 0.1) is 0 Å². The molecule has 0 spiro atoms. The SMILES string of the molecule is NCCCC[C@H](N)C(=O)N1CC=CCC1. The lowest BCUT2D eigenvalue weighted by molar-refractivity contribution is -0.132. The average molecular weight is 211 g/mol. The number of hydrogen-bond acceptors (Lipinski definition) is 3. The van der Waals surface area contributed by atoms with Crippen molar-refractivity contribution in [1.82, 2.24) is 4.90 Å². The largest absolute Gasteiger partial charge is 0.337 e. The third-order valence-electron chi connectivity index (χ3n) is 2.66. The molecule has 0 fully saturated rings. The second kappa shape index (κ2) is 6.58. The third-order valence-corrected chi connectivity index (χ3v) is 2.66. The smallest absolute Gasteiger partial charge is 0.239 e. The first-order valence-corrected chi connectivity index (χ1v) is 5.65. The van der Waals surface area contributed by atoms with Gasteiger partial charge in [-0.1, -0.05) is 18.6 Å². The first-order chi connectivity index (χ1) is 7.25. The molecule has 1 rings (SSSR count). The van der Waals surface area contributed by atoms with Crippen LogP contribution in [0.2, 0.25) is 0 Å². The molecule has 4 N–H and O–H groups in total. The minimum absolute atomic E-state index is 0.0800. The van der Waals surface area contributed by atoms with Crippen molar-refractivity contribution < 1.29 is 4.79 Å². The molecule has 4 heteroatoms. The Kier molecular flexibility index (Phi) is 5.36. The summed E-state index contributed by atoms with van der Waals surface area (Å²) in [5, 5.41) is 0. The molecule has 15 heavy (non-hydrogen) atoms. The number of nitrogens with two attached hydrogens (primary N) is 2. The van der Waals surface area contributed by atoms with Gasteiger partial charge in [-0.15, -0.1) is 0 Å². The van der Waals surface area contributed by atoms with Gasteiger partial charge < -0.3 is 16.4 Å². The molecule has 0 aromatic carbocycles. The number of nitrogens with zero attached hydrogens (tertiary/aromatic N) is 1. The van der Waals surface area contributed by atoms with E-state index in [0.29, 0.717) is 13.1 Å². The maximum Gasteiger partial charge on any atom is 0.239 e. The van der Waals surface area contributed by atoms with E-state index < -0.39 is 0 Å². The van der Waals surface area contributed by atoms with Crippen LogP contribution >= 0.6 is 0 Å². The molecule has 0 unspecified atom stereocenters. The van der Waals surface area contributed by atoms with Crippen LogP contribution in [0.25, 0.3) is 0 Å². The highest BCUT2D eigenvalue weighted by Crippen LogP contribution is 2.06. The van der Waals surface area contributed by atoms with Crippen molar-refractivity contribution in [3.63, 3.8) is 0 Å². The van der Waals surface area contributed by atoms with Gasteiger partial charge in [-0.2, -0.15) is 0 Å². The van der Waals surface area contributed by atoms with Gasteiger partial charge in [-0.25, -0.2) is 0 Å². The molecule has 0 saturated carbocycles. The molecule has 0 saturated heterocycles. The Balaban J connectivity index is 2.28. The van der Waals surface area contributed by atoms with Crippen molar-refractivity contribution in [1.29, 1.82) is 0 Å². The van der Waals surface area contributed by atoms with Gasteiger partial charge >= 0.3 is 0 Å². The average Bonchev–Trinajstić information content (AvgIpc) is 2.29. The molecule has 0 radical (unpaired) electrons. The van der Waals surface area contributed by atoms with Crippen molar-refractivity contribution in [3.8, 4) is 0 Å². The number of hydrogen-bond donors (Lipinski definition) is 2. The van der Waals surface area contributed by atoms with Crippen LogP contribution in [0.1, 0.15) is 25.7 Å². The minimum Gasteiger partial charge on any atom is -0.337 e. The Bertz CT molecular complexity index is 228. The van der Waals surface area contributed by atoms with Crippen LogP contribution in [-0.4, -0.2) is 36.5 Å². The fraction of sp³-hybridized carbons (Fsp3) is 0.727.